The van der Waals surface area contributed by atoms with Crippen LogP contribution in [0.15, 0.2) is 24.3 Å². The number of anilines is 1. The lowest BCUT2D eigenvalue weighted by atomic mass is 10.1. The predicted molar refractivity (Wildman–Crippen MR) is 68.4 cm³/mol. The Morgan fingerprint density at radius 2 is 1.94 bits per heavy atom. The van der Waals surface area contributed by atoms with Crippen molar-refractivity contribution < 1.29 is 5.11 Å². The van der Waals surface area contributed by atoms with Crippen LogP contribution in [0.4, 0.5) is 5.69 Å². The Morgan fingerprint density at radius 1 is 1.31 bits per heavy atom. The number of hydrogen-bond donors (Lipinski definition) is 1. The Bertz CT molecular complexity index is 350. The van der Waals surface area contributed by atoms with Gasteiger partial charge in [0.25, 0.3) is 0 Å². The molecule has 1 aromatic rings. The monoisotopic (exact) mass is 217 g/mol. The van der Waals surface area contributed by atoms with E-state index in [4.69, 9.17) is 6.42 Å². The van der Waals surface area contributed by atoms with Gasteiger partial charge in [-0.15, -0.1) is 6.42 Å². The summed E-state index contributed by atoms with van der Waals surface area (Å²) in [6.45, 7) is 5.55. The normalized spacial score (nSPS) is 11.9. The molecule has 2 nitrogen and oxygen atoms in total. The average molecular weight is 217 g/mol. The maximum atomic E-state index is 9.67. The lowest BCUT2D eigenvalue weighted by Gasteiger charge is -2.20. The zero-order valence-corrected chi connectivity index (χ0v) is 9.98. The van der Waals surface area contributed by atoms with E-state index < -0.39 is 0 Å². The second kappa shape index (κ2) is 6.19. The number of aliphatic hydroxyl groups is 1. The zero-order valence-electron chi connectivity index (χ0n) is 9.98. The number of hydrogen-bond acceptors (Lipinski definition) is 2. The van der Waals surface area contributed by atoms with Crippen LogP contribution in [0, 0.1) is 12.3 Å². The van der Waals surface area contributed by atoms with E-state index in [0.717, 1.165) is 24.2 Å². The van der Waals surface area contributed by atoms with Crippen molar-refractivity contribution in [3.8, 4) is 12.3 Å². The van der Waals surface area contributed by atoms with E-state index in [1.165, 1.54) is 0 Å². The number of terminal acetylenes is 1. The first-order valence-electron chi connectivity index (χ1n) is 5.69. The first-order valence-corrected chi connectivity index (χ1v) is 5.69. The molecule has 0 aliphatic carbocycles. The minimum atomic E-state index is -0.364. The molecule has 1 aromatic carbocycles. The lowest BCUT2D eigenvalue weighted by molar-refractivity contribution is 0.173. The maximum absolute atomic E-state index is 9.67. The van der Waals surface area contributed by atoms with Gasteiger partial charge in [0.05, 0.1) is 12.6 Å². The molecule has 0 saturated heterocycles. The molecule has 0 radical (unpaired) electrons. The van der Waals surface area contributed by atoms with Gasteiger partial charge in [-0.2, -0.15) is 0 Å². The highest BCUT2D eigenvalue weighted by Gasteiger charge is 2.06. The van der Waals surface area contributed by atoms with E-state index in [9.17, 15) is 5.11 Å². The van der Waals surface area contributed by atoms with Gasteiger partial charge in [0, 0.05) is 12.2 Å². The molecule has 16 heavy (non-hydrogen) atoms. The van der Waals surface area contributed by atoms with Gasteiger partial charge in [-0.3, -0.25) is 0 Å². The summed E-state index contributed by atoms with van der Waals surface area (Å²) >= 11 is 0. The molecule has 0 fully saturated rings. The first-order chi connectivity index (χ1) is 7.72. The molecule has 1 rings (SSSR count). The number of aliphatic hydroxyl groups excluding tert-OH is 1. The highest BCUT2D eigenvalue weighted by molar-refractivity contribution is 5.48. The van der Waals surface area contributed by atoms with Crippen LogP contribution in [-0.4, -0.2) is 18.2 Å². The molecule has 1 N–H and O–H groups in total. The minimum Gasteiger partial charge on any atom is -0.388 e. The summed E-state index contributed by atoms with van der Waals surface area (Å²) in [5.41, 5.74) is 2.07. The van der Waals surface area contributed by atoms with Crippen LogP contribution in [0.3, 0.4) is 0 Å². The van der Waals surface area contributed by atoms with E-state index in [2.05, 4.69) is 17.7 Å². The molecule has 86 valence electrons. The first kappa shape index (κ1) is 12.6. The van der Waals surface area contributed by atoms with Gasteiger partial charge in [0.15, 0.2) is 0 Å². The van der Waals surface area contributed by atoms with E-state index in [-0.39, 0.29) is 6.10 Å². The van der Waals surface area contributed by atoms with Crippen molar-refractivity contribution in [2.24, 2.45) is 0 Å². The van der Waals surface area contributed by atoms with Gasteiger partial charge < -0.3 is 10.0 Å². The summed E-state index contributed by atoms with van der Waals surface area (Å²) in [5, 5.41) is 9.67. The van der Waals surface area contributed by atoms with Crippen molar-refractivity contribution >= 4 is 5.69 Å². The third kappa shape index (κ3) is 3.01. The average Bonchev–Trinajstić information content (AvgIpc) is 2.35. The van der Waals surface area contributed by atoms with Crippen LogP contribution >= 0.6 is 0 Å². The molecule has 0 bridgehead atoms. The molecule has 0 saturated carbocycles. The minimum absolute atomic E-state index is 0.364. The number of rotatable bonds is 5. The SMILES string of the molecule is C#CCN(CC)c1ccc(C(O)CC)cc1. The van der Waals surface area contributed by atoms with Crippen molar-refractivity contribution in [1.82, 2.24) is 0 Å². The van der Waals surface area contributed by atoms with E-state index in [1.807, 2.05) is 31.2 Å². The summed E-state index contributed by atoms with van der Waals surface area (Å²) < 4.78 is 0. The number of benzene rings is 1. The summed E-state index contributed by atoms with van der Waals surface area (Å²) in [4.78, 5) is 2.11. The smallest absolute Gasteiger partial charge is 0.0791 e. The van der Waals surface area contributed by atoms with Gasteiger partial charge in [0.1, 0.15) is 0 Å². The topological polar surface area (TPSA) is 23.5 Å². The summed E-state index contributed by atoms with van der Waals surface area (Å²) in [7, 11) is 0. The zero-order chi connectivity index (χ0) is 12.0. The second-order valence-electron chi connectivity index (χ2n) is 3.73. The Morgan fingerprint density at radius 3 is 2.38 bits per heavy atom. The lowest BCUT2D eigenvalue weighted by Crippen LogP contribution is -2.22. The number of nitrogens with zero attached hydrogens (tertiary/aromatic N) is 1. The van der Waals surface area contributed by atoms with Crippen LogP contribution in [-0.2, 0) is 0 Å². The van der Waals surface area contributed by atoms with Crippen LogP contribution in [0.2, 0.25) is 0 Å². The molecule has 0 amide bonds. The van der Waals surface area contributed by atoms with Crippen LogP contribution in [0.5, 0.6) is 0 Å². The van der Waals surface area contributed by atoms with E-state index >= 15 is 0 Å². The third-order valence-electron chi connectivity index (χ3n) is 2.69. The molecule has 1 unspecified atom stereocenters. The van der Waals surface area contributed by atoms with Gasteiger partial charge in [0.2, 0.25) is 0 Å². The largest absolute Gasteiger partial charge is 0.388 e. The Hall–Kier alpha value is -1.46. The second-order valence-corrected chi connectivity index (χ2v) is 3.73. The van der Waals surface area contributed by atoms with Crippen molar-refractivity contribution in [1.29, 1.82) is 0 Å². The van der Waals surface area contributed by atoms with Crippen molar-refractivity contribution in [2.45, 2.75) is 26.4 Å². The Kier molecular flexibility index (Phi) is 4.88. The molecular weight excluding hydrogens is 198 g/mol. The van der Waals surface area contributed by atoms with Crippen molar-refractivity contribution in [3.05, 3.63) is 29.8 Å². The van der Waals surface area contributed by atoms with Gasteiger partial charge in [-0.1, -0.05) is 25.0 Å². The molecule has 0 heterocycles. The molecule has 0 aliphatic rings. The van der Waals surface area contributed by atoms with Crippen molar-refractivity contribution in [2.75, 3.05) is 18.0 Å². The fourth-order valence-corrected chi connectivity index (χ4v) is 1.64. The van der Waals surface area contributed by atoms with Crippen LogP contribution in [0.25, 0.3) is 0 Å². The quantitative estimate of drug-likeness (QED) is 0.766. The van der Waals surface area contributed by atoms with Gasteiger partial charge in [-0.05, 0) is 31.0 Å². The van der Waals surface area contributed by atoms with E-state index in [1.54, 1.807) is 0 Å². The third-order valence-corrected chi connectivity index (χ3v) is 2.69. The molecule has 0 aliphatic heterocycles. The Balaban J connectivity index is 2.81. The fraction of sp³-hybridized carbons (Fsp3) is 0.429. The van der Waals surface area contributed by atoms with Gasteiger partial charge in [-0.25, -0.2) is 0 Å². The van der Waals surface area contributed by atoms with Crippen LogP contribution in [0.1, 0.15) is 31.9 Å². The summed E-state index contributed by atoms with van der Waals surface area (Å²) in [5.74, 6) is 2.64. The summed E-state index contributed by atoms with van der Waals surface area (Å²) in [6.07, 6.45) is 5.68. The highest BCUT2D eigenvalue weighted by Crippen LogP contribution is 2.20. The Labute approximate surface area is 97.9 Å². The molecular formula is C14H19NO. The predicted octanol–water partition coefficient (Wildman–Crippen LogP) is 2.59. The summed E-state index contributed by atoms with van der Waals surface area (Å²) in [6, 6.07) is 7.94. The van der Waals surface area contributed by atoms with Crippen molar-refractivity contribution in [3.63, 3.8) is 0 Å². The molecule has 0 spiro atoms. The molecule has 1 atom stereocenters. The van der Waals surface area contributed by atoms with Crippen LogP contribution < -0.4 is 4.90 Å². The fourth-order valence-electron chi connectivity index (χ4n) is 1.64. The standard InChI is InChI=1S/C14H19NO/c1-4-11-15(6-3)13-9-7-12(8-10-13)14(16)5-2/h1,7-10,14,16H,5-6,11H2,2-3H3. The molecule has 0 aromatic heterocycles. The van der Waals surface area contributed by atoms with Gasteiger partial charge >= 0.3 is 0 Å². The molecule has 2 heteroatoms. The maximum Gasteiger partial charge on any atom is 0.0791 e. The van der Waals surface area contributed by atoms with E-state index in [0.29, 0.717) is 6.54 Å². The highest BCUT2D eigenvalue weighted by atomic mass is 16.3.